The van der Waals surface area contributed by atoms with E-state index in [9.17, 15) is 14.4 Å². The van der Waals surface area contributed by atoms with Crippen molar-refractivity contribution in [2.24, 2.45) is 0 Å². The van der Waals surface area contributed by atoms with Crippen LogP contribution in [0.2, 0.25) is 0 Å². The van der Waals surface area contributed by atoms with Crippen LogP contribution in [-0.2, 0) is 14.4 Å². The third kappa shape index (κ3) is 3.83. The van der Waals surface area contributed by atoms with E-state index in [0.717, 1.165) is 5.56 Å². The number of nitrogens with zero attached hydrogens (tertiary/aromatic N) is 1. The topological polar surface area (TPSA) is 95.9 Å². The van der Waals surface area contributed by atoms with Crippen molar-refractivity contribution in [2.45, 2.75) is 19.4 Å². The second kappa shape index (κ2) is 7.26. The highest BCUT2D eigenvalue weighted by Crippen LogP contribution is 2.35. The minimum absolute atomic E-state index is 0.232. The molecule has 2 N–H and O–H groups in total. The quantitative estimate of drug-likeness (QED) is 0.858. The molecule has 7 nitrogen and oxygen atoms in total. The van der Waals surface area contributed by atoms with Gasteiger partial charge in [0.15, 0.2) is 6.10 Å². The Balaban J connectivity index is 1.85. The van der Waals surface area contributed by atoms with E-state index in [2.05, 4.69) is 5.32 Å². The first-order valence-corrected chi connectivity index (χ1v) is 8.09. The molecular weight excluding hydrogens is 336 g/mol. The molecule has 0 aromatic heterocycles. The van der Waals surface area contributed by atoms with Crippen LogP contribution in [0.25, 0.3) is 0 Å². The number of hydrogen-bond donors (Lipinski definition) is 2. The first kappa shape index (κ1) is 17.5. The summed E-state index contributed by atoms with van der Waals surface area (Å²) in [4.78, 5) is 37.4. The first-order chi connectivity index (χ1) is 12.4. The third-order valence-corrected chi connectivity index (χ3v) is 3.94. The van der Waals surface area contributed by atoms with Crippen molar-refractivity contribution >= 4 is 29.2 Å². The second-order valence-corrected chi connectivity index (χ2v) is 6.01. The number of anilines is 2. The maximum Gasteiger partial charge on any atom is 0.307 e. The highest BCUT2D eigenvalue weighted by atomic mass is 16.5. The summed E-state index contributed by atoms with van der Waals surface area (Å²) in [6.07, 6.45) is -1.63. The number of carbonyl (C=O) groups is 3. The van der Waals surface area contributed by atoms with E-state index in [4.69, 9.17) is 9.84 Å². The van der Waals surface area contributed by atoms with E-state index < -0.39 is 24.4 Å². The molecule has 3 rings (SSSR count). The summed E-state index contributed by atoms with van der Waals surface area (Å²) < 4.78 is 5.54. The van der Waals surface area contributed by atoms with Gasteiger partial charge in [-0.3, -0.25) is 19.3 Å². The summed E-state index contributed by atoms with van der Waals surface area (Å²) in [6, 6.07) is 14.1. The molecule has 0 bridgehead atoms. The molecule has 2 aromatic rings. The molecule has 134 valence electrons. The zero-order valence-corrected chi connectivity index (χ0v) is 14.1. The Labute approximate surface area is 150 Å². The number of carboxylic acids is 1. The molecule has 26 heavy (non-hydrogen) atoms. The van der Waals surface area contributed by atoms with Crippen LogP contribution in [0.4, 0.5) is 11.4 Å². The van der Waals surface area contributed by atoms with Gasteiger partial charge in [-0.15, -0.1) is 0 Å². The lowest BCUT2D eigenvalue weighted by Crippen LogP contribution is -2.49. The monoisotopic (exact) mass is 354 g/mol. The molecule has 2 amide bonds. The highest BCUT2D eigenvalue weighted by Gasteiger charge is 2.36. The number of benzene rings is 2. The average Bonchev–Trinajstić information content (AvgIpc) is 2.59. The van der Waals surface area contributed by atoms with Gasteiger partial charge in [-0.2, -0.15) is 0 Å². The van der Waals surface area contributed by atoms with Crippen molar-refractivity contribution < 1.29 is 24.2 Å². The molecule has 1 unspecified atom stereocenters. The highest BCUT2D eigenvalue weighted by molar-refractivity contribution is 6.07. The van der Waals surface area contributed by atoms with Crippen LogP contribution in [0.1, 0.15) is 12.0 Å². The summed E-state index contributed by atoms with van der Waals surface area (Å²) in [5.74, 6) is -1.69. The van der Waals surface area contributed by atoms with Crippen LogP contribution in [0.3, 0.4) is 0 Å². The predicted molar refractivity (Wildman–Crippen MR) is 95.3 cm³/mol. The molecule has 0 saturated heterocycles. The van der Waals surface area contributed by atoms with Crippen LogP contribution < -0.4 is 15.0 Å². The molecular formula is C19H18N2O5. The molecule has 2 aromatic carbocycles. The molecule has 1 heterocycles. The van der Waals surface area contributed by atoms with Gasteiger partial charge in [0, 0.05) is 5.69 Å². The molecule has 1 atom stereocenters. The summed E-state index contributed by atoms with van der Waals surface area (Å²) >= 11 is 0. The normalized spacial score (nSPS) is 15.8. The summed E-state index contributed by atoms with van der Waals surface area (Å²) in [5, 5.41) is 11.7. The fourth-order valence-electron chi connectivity index (χ4n) is 2.75. The van der Waals surface area contributed by atoms with Gasteiger partial charge in [-0.05, 0) is 36.8 Å². The van der Waals surface area contributed by atoms with Crippen molar-refractivity contribution in [1.29, 1.82) is 0 Å². The molecule has 1 aliphatic rings. The first-order valence-electron chi connectivity index (χ1n) is 8.09. The van der Waals surface area contributed by atoms with Gasteiger partial charge in [-0.1, -0.05) is 24.3 Å². The SMILES string of the molecule is Cc1ccc2c(c1)N(CC(=O)Nc1ccccc1)C(=O)C(CC(=O)O)O2. The number of hydrogen-bond acceptors (Lipinski definition) is 4. The summed E-state index contributed by atoms with van der Waals surface area (Å²) in [7, 11) is 0. The van der Waals surface area contributed by atoms with E-state index in [-0.39, 0.29) is 12.5 Å². The standard InChI is InChI=1S/C19H18N2O5/c1-12-7-8-15-14(9-12)21(19(25)16(26-15)10-18(23)24)11-17(22)20-13-5-3-2-4-6-13/h2-9,16H,10-11H2,1H3,(H,20,22)(H,23,24). The van der Waals surface area contributed by atoms with Gasteiger partial charge >= 0.3 is 5.97 Å². The summed E-state index contributed by atoms with van der Waals surface area (Å²) in [5.41, 5.74) is 1.97. The molecule has 7 heteroatoms. The number of carboxylic acid groups (broad SMARTS) is 1. The number of amides is 2. The van der Waals surface area contributed by atoms with E-state index in [1.165, 1.54) is 4.90 Å². The number of nitrogens with one attached hydrogen (secondary N) is 1. The van der Waals surface area contributed by atoms with Crippen molar-refractivity contribution in [2.75, 3.05) is 16.8 Å². The fraction of sp³-hybridized carbons (Fsp3) is 0.211. The van der Waals surface area contributed by atoms with Gasteiger partial charge in [0.05, 0.1) is 12.1 Å². The number of para-hydroxylation sites is 1. The molecule has 0 radical (unpaired) electrons. The minimum atomic E-state index is -1.16. The Morgan fingerprint density at radius 2 is 1.92 bits per heavy atom. The predicted octanol–water partition coefficient (Wildman–Crippen LogP) is 2.20. The Kier molecular flexibility index (Phi) is 4.88. The second-order valence-electron chi connectivity index (χ2n) is 6.01. The Hall–Kier alpha value is -3.35. The average molecular weight is 354 g/mol. The smallest absolute Gasteiger partial charge is 0.307 e. The van der Waals surface area contributed by atoms with Crippen LogP contribution >= 0.6 is 0 Å². The van der Waals surface area contributed by atoms with Crippen LogP contribution in [0, 0.1) is 6.92 Å². The Morgan fingerprint density at radius 3 is 2.62 bits per heavy atom. The van der Waals surface area contributed by atoms with E-state index in [1.807, 2.05) is 13.0 Å². The van der Waals surface area contributed by atoms with Crippen molar-refractivity contribution in [3.8, 4) is 5.75 Å². The summed E-state index contributed by atoms with van der Waals surface area (Å²) in [6.45, 7) is 1.62. The van der Waals surface area contributed by atoms with Gasteiger partial charge in [0.1, 0.15) is 12.3 Å². The Bertz CT molecular complexity index is 850. The lowest BCUT2D eigenvalue weighted by molar-refractivity contribution is -0.142. The number of aliphatic carboxylic acids is 1. The number of rotatable bonds is 5. The fourth-order valence-corrected chi connectivity index (χ4v) is 2.75. The lowest BCUT2D eigenvalue weighted by atomic mass is 10.1. The van der Waals surface area contributed by atoms with Crippen molar-refractivity contribution in [3.63, 3.8) is 0 Å². The van der Waals surface area contributed by atoms with E-state index in [1.54, 1.807) is 42.5 Å². The largest absolute Gasteiger partial charge is 0.481 e. The maximum absolute atomic E-state index is 12.7. The van der Waals surface area contributed by atoms with E-state index >= 15 is 0 Å². The molecule has 0 spiro atoms. The lowest BCUT2D eigenvalue weighted by Gasteiger charge is -2.33. The van der Waals surface area contributed by atoms with Gasteiger partial charge in [0.25, 0.3) is 5.91 Å². The number of carbonyl (C=O) groups excluding carboxylic acids is 2. The van der Waals surface area contributed by atoms with Crippen LogP contribution in [-0.4, -0.2) is 35.5 Å². The zero-order chi connectivity index (χ0) is 18.7. The third-order valence-electron chi connectivity index (χ3n) is 3.94. The molecule has 0 aliphatic carbocycles. The maximum atomic E-state index is 12.7. The van der Waals surface area contributed by atoms with Gasteiger partial charge in [-0.25, -0.2) is 0 Å². The van der Waals surface area contributed by atoms with Crippen LogP contribution in [0.15, 0.2) is 48.5 Å². The molecule has 0 saturated carbocycles. The van der Waals surface area contributed by atoms with E-state index in [0.29, 0.717) is 17.1 Å². The number of fused-ring (bicyclic) bond motifs is 1. The van der Waals surface area contributed by atoms with Gasteiger partial charge < -0.3 is 15.2 Å². The van der Waals surface area contributed by atoms with Crippen molar-refractivity contribution in [1.82, 2.24) is 0 Å². The molecule has 1 aliphatic heterocycles. The van der Waals surface area contributed by atoms with Crippen LogP contribution in [0.5, 0.6) is 5.75 Å². The number of ether oxygens (including phenoxy) is 1. The molecule has 0 fully saturated rings. The van der Waals surface area contributed by atoms with Crippen molar-refractivity contribution in [3.05, 3.63) is 54.1 Å². The zero-order valence-electron chi connectivity index (χ0n) is 14.1. The number of aryl methyl sites for hydroxylation is 1. The Morgan fingerprint density at radius 1 is 1.19 bits per heavy atom. The minimum Gasteiger partial charge on any atom is -0.481 e. The van der Waals surface area contributed by atoms with Gasteiger partial charge in [0.2, 0.25) is 5.91 Å².